The van der Waals surface area contributed by atoms with Crippen molar-refractivity contribution in [3.05, 3.63) is 0 Å². The molecule has 0 aromatic carbocycles. The van der Waals surface area contributed by atoms with Gasteiger partial charge >= 0.3 is 17.9 Å². The van der Waals surface area contributed by atoms with Gasteiger partial charge in [0.2, 0.25) is 0 Å². The van der Waals surface area contributed by atoms with Gasteiger partial charge in [-0.2, -0.15) is 0 Å². The zero-order chi connectivity index (χ0) is 49.6. The van der Waals surface area contributed by atoms with Crippen LogP contribution in [0.4, 0.5) is 0 Å². The van der Waals surface area contributed by atoms with Crippen LogP contribution >= 0.6 is 0 Å². The Labute approximate surface area is 425 Å². The lowest BCUT2D eigenvalue weighted by atomic mass is 9.99. The van der Waals surface area contributed by atoms with E-state index in [1.165, 1.54) is 238 Å². The summed E-state index contributed by atoms with van der Waals surface area (Å²) < 4.78 is 16.9. The van der Waals surface area contributed by atoms with E-state index in [4.69, 9.17) is 14.2 Å². The summed E-state index contributed by atoms with van der Waals surface area (Å²) in [6.45, 7) is 11.4. The van der Waals surface area contributed by atoms with Crippen molar-refractivity contribution in [2.24, 2.45) is 11.8 Å². The first-order chi connectivity index (χ1) is 33.3. The van der Waals surface area contributed by atoms with Crippen LogP contribution in [0.2, 0.25) is 0 Å². The van der Waals surface area contributed by atoms with E-state index in [0.29, 0.717) is 19.3 Å². The number of hydrogen-bond donors (Lipinski definition) is 0. The smallest absolute Gasteiger partial charge is 0.306 e. The van der Waals surface area contributed by atoms with Crippen LogP contribution in [0.1, 0.15) is 349 Å². The van der Waals surface area contributed by atoms with Crippen LogP contribution < -0.4 is 0 Å². The highest BCUT2D eigenvalue weighted by atomic mass is 16.6. The van der Waals surface area contributed by atoms with Gasteiger partial charge < -0.3 is 14.2 Å². The van der Waals surface area contributed by atoms with Crippen LogP contribution in [-0.2, 0) is 28.6 Å². The van der Waals surface area contributed by atoms with Gasteiger partial charge in [0, 0.05) is 19.3 Å². The highest BCUT2D eigenvalue weighted by Gasteiger charge is 2.19. The molecule has 6 heteroatoms. The standard InChI is InChI=1S/C62H120O6/c1-6-8-9-10-11-12-13-14-15-16-17-22-25-28-31-34-37-44-49-54-62(65)68-59(56-67-61(64)53-48-43-39-38-40-45-50-57(3)4)55-66-60(63)52-47-42-36-33-30-27-24-21-19-18-20-23-26-29-32-35-41-46-51-58(5)7-2/h57-59H,6-56H2,1-5H3/t58?,59-/m1/s1. The van der Waals surface area contributed by atoms with E-state index < -0.39 is 6.10 Å². The van der Waals surface area contributed by atoms with Crippen molar-refractivity contribution in [2.75, 3.05) is 13.2 Å². The molecule has 0 rings (SSSR count). The maximum atomic E-state index is 12.9. The van der Waals surface area contributed by atoms with E-state index in [9.17, 15) is 14.4 Å². The second kappa shape index (κ2) is 54.7. The predicted octanol–water partition coefficient (Wildman–Crippen LogP) is 20.4. The second-order valence-corrected chi connectivity index (χ2v) is 22.1. The maximum Gasteiger partial charge on any atom is 0.306 e. The molecule has 0 amide bonds. The van der Waals surface area contributed by atoms with Crippen LogP contribution in [0.25, 0.3) is 0 Å². The molecule has 0 saturated heterocycles. The lowest BCUT2D eigenvalue weighted by Gasteiger charge is -2.18. The average molecular weight is 962 g/mol. The monoisotopic (exact) mass is 961 g/mol. The van der Waals surface area contributed by atoms with Gasteiger partial charge in [-0.15, -0.1) is 0 Å². The molecule has 0 bridgehead atoms. The number of unbranched alkanes of at least 4 members (excludes halogenated alkanes) is 40. The highest BCUT2D eigenvalue weighted by molar-refractivity contribution is 5.71. The summed E-state index contributed by atoms with van der Waals surface area (Å²) in [4.78, 5) is 38.1. The van der Waals surface area contributed by atoms with Gasteiger partial charge in [0.1, 0.15) is 13.2 Å². The van der Waals surface area contributed by atoms with Gasteiger partial charge in [-0.25, -0.2) is 0 Å². The van der Waals surface area contributed by atoms with Crippen LogP contribution in [-0.4, -0.2) is 37.2 Å². The fourth-order valence-electron chi connectivity index (χ4n) is 9.55. The Morgan fingerprint density at radius 2 is 0.559 bits per heavy atom. The fourth-order valence-corrected chi connectivity index (χ4v) is 9.55. The Morgan fingerprint density at radius 1 is 0.309 bits per heavy atom. The molecule has 1 unspecified atom stereocenters. The maximum absolute atomic E-state index is 12.9. The van der Waals surface area contributed by atoms with E-state index in [0.717, 1.165) is 69.6 Å². The molecule has 0 fully saturated rings. The van der Waals surface area contributed by atoms with E-state index in [1.54, 1.807) is 0 Å². The number of rotatable bonds is 56. The number of hydrogen-bond acceptors (Lipinski definition) is 6. The van der Waals surface area contributed by atoms with Gasteiger partial charge in [0.05, 0.1) is 0 Å². The first kappa shape index (κ1) is 66.4. The Morgan fingerprint density at radius 3 is 0.838 bits per heavy atom. The lowest BCUT2D eigenvalue weighted by Crippen LogP contribution is -2.30. The van der Waals surface area contributed by atoms with E-state index in [2.05, 4.69) is 34.6 Å². The van der Waals surface area contributed by atoms with Gasteiger partial charge in [0.25, 0.3) is 0 Å². The number of esters is 3. The molecule has 68 heavy (non-hydrogen) atoms. The minimum absolute atomic E-state index is 0.0633. The Hall–Kier alpha value is -1.59. The van der Waals surface area contributed by atoms with Crippen LogP contribution in [0, 0.1) is 11.8 Å². The molecule has 0 spiro atoms. The molecule has 0 N–H and O–H groups in total. The molecule has 2 atom stereocenters. The summed E-state index contributed by atoms with van der Waals surface area (Å²) in [6, 6.07) is 0. The highest BCUT2D eigenvalue weighted by Crippen LogP contribution is 2.19. The number of ether oxygens (including phenoxy) is 3. The summed E-state index contributed by atoms with van der Waals surface area (Å²) in [5.74, 6) is 0.831. The van der Waals surface area contributed by atoms with Gasteiger partial charge in [-0.1, -0.05) is 311 Å². The second-order valence-electron chi connectivity index (χ2n) is 22.1. The Kier molecular flexibility index (Phi) is 53.5. The van der Waals surface area contributed by atoms with Gasteiger partial charge in [-0.3, -0.25) is 14.4 Å². The molecule has 0 radical (unpaired) electrons. The molecule has 0 heterocycles. The first-order valence-electron chi connectivity index (χ1n) is 30.8. The summed E-state index contributed by atoms with van der Waals surface area (Å²) in [6.07, 6.45) is 59.8. The molecule has 404 valence electrons. The summed E-state index contributed by atoms with van der Waals surface area (Å²) in [5.41, 5.74) is 0. The Bertz CT molecular complexity index is 1040. The third-order valence-electron chi connectivity index (χ3n) is 14.6. The van der Waals surface area contributed by atoms with Crippen molar-refractivity contribution in [2.45, 2.75) is 355 Å². The average Bonchev–Trinajstić information content (AvgIpc) is 3.33. The quantitative estimate of drug-likeness (QED) is 0.0343. The van der Waals surface area contributed by atoms with E-state index in [-0.39, 0.29) is 31.1 Å². The predicted molar refractivity (Wildman–Crippen MR) is 293 cm³/mol. The van der Waals surface area contributed by atoms with E-state index in [1.807, 2.05) is 0 Å². The van der Waals surface area contributed by atoms with Crippen molar-refractivity contribution >= 4 is 17.9 Å². The van der Waals surface area contributed by atoms with Crippen molar-refractivity contribution in [1.29, 1.82) is 0 Å². The Balaban J connectivity index is 4.16. The minimum atomic E-state index is -0.763. The SMILES string of the molecule is CCCCCCCCCCCCCCCCCCCCCC(=O)O[C@H](COC(=O)CCCCCCCCCCCCCCCCCCCCC(C)CC)COC(=O)CCCCCCCCC(C)C. The largest absolute Gasteiger partial charge is 0.462 e. The number of carbonyl (C=O) groups excluding carboxylic acids is 3. The minimum Gasteiger partial charge on any atom is -0.462 e. The van der Waals surface area contributed by atoms with Crippen molar-refractivity contribution in [3.63, 3.8) is 0 Å². The van der Waals surface area contributed by atoms with Crippen molar-refractivity contribution in [1.82, 2.24) is 0 Å². The normalized spacial score (nSPS) is 12.4. The topological polar surface area (TPSA) is 78.9 Å². The molecule has 0 aromatic heterocycles. The fraction of sp³-hybridized carbons (Fsp3) is 0.952. The van der Waals surface area contributed by atoms with Crippen LogP contribution in [0.15, 0.2) is 0 Å². The third-order valence-corrected chi connectivity index (χ3v) is 14.6. The lowest BCUT2D eigenvalue weighted by molar-refractivity contribution is -0.167. The molecular formula is C62H120O6. The van der Waals surface area contributed by atoms with Gasteiger partial charge in [-0.05, 0) is 31.1 Å². The van der Waals surface area contributed by atoms with Crippen molar-refractivity contribution in [3.8, 4) is 0 Å². The molecular weight excluding hydrogens is 841 g/mol. The molecule has 0 aliphatic carbocycles. The molecule has 0 aliphatic rings. The summed E-state index contributed by atoms with van der Waals surface area (Å²) in [7, 11) is 0. The first-order valence-corrected chi connectivity index (χ1v) is 30.8. The molecule has 0 aliphatic heterocycles. The van der Waals surface area contributed by atoms with Gasteiger partial charge in [0.15, 0.2) is 6.10 Å². The zero-order valence-electron chi connectivity index (χ0n) is 46.7. The van der Waals surface area contributed by atoms with E-state index >= 15 is 0 Å². The van der Waals surface area contributed by atoms with Crippen molar-refractivity contribution < 1.29 is 28.6 Å². The zero-order valence-corrected chi connectivity index (χ0v) is 46.7. The van der Waals surface area contributed by atoms with Crippen LogP contribution in [0.3, 0.4) is 0 Å². The summed E-state index contributed by atoms with van der Waals surface area (Å²) >= 11 is 0. The third kappa shape index (κ3) is 53.8. The number of carbonyl (C=O) groups is 3. The summed E-state index contributed by atoms with van der Waals surface area (Å²) in [5, 5.41) is 0. The molecule has 6 nitrogen and oxygen atoms in total. The molecule has 0 saturated carbocycles. The van der Waals surface area contributed by atoms with Crippen LogP contribution in [0.5, 0.6) is 0 Å². The molecule has 0 aromatic rings.